The molecule has 0 bridgehead atoms. The van der Waals surface area contributed by atoms with Crippen LogP contribution in [0.3, 0.4) is 0 Å². The fourth-order valence-corrected chi connectivity index (χ4v) is 2.57. The van der Waals surface area contributed by atoms with Crippen LogP contribution in [0.1, 0.15) is 11.3 Å². The van der Waals surface area contributed by atoms with E-state index in [1.807, 2.05) is 19.1 Å². The molecule has 0 saturated heterocycles. The molecule has 2 aromatic heterocycles. The second-order valence-corrected chi connectivity index (χ2v) is 5.75. The number of carbonyl (C=O) groups excluding carboxylic acids is 1. The Hall–Kier alpha value is -3.16. The summed E-state index contributed by atoms with van der Waals surface area (Å²) < 4.78 is 11.5. The number of likely N-dealkylation sites (N-methyl/N-ethyl adjacent to an activating group) is 1. The van der Waals surface area contributed by atoms with Crippen LogP contribution in [-0.2, 0) is 11.3 Å². The van der Waals surface area contributed by atoms with Gasteiger partial charge in [-0.1, -0.05) is 11.2 Å². The summed E-state index contributed by atoms with van der Waals surface area (Å²) in [7, 11) is 3.19. The van der Waals surface area contributed by atoms with Crippen LogP contribution in [0.5, 0.6) is 5.75 Å². The van der Waals surface area contributed by atoms with E-state index >= 15 is 0 Å². The lowest BCUT2D eigenvalue weighted by Gasteiger charge is -2.21. The van der Waals surface area contributed by atoms with E-state index in [2.05, 4.69) is 10.1 Å². The van der Waals surface area contributed by atoms with E-state index in [1.165, 1.54) is 15.8 Å². The number of fused-ring (bicyclic) bond motifs is 1. The minimum Gasteiger partial charge on any atom is -0.495 e. The number of ether oxygens (including phenoxy) is 1. The highest BCUT2D eigenvalue weighted by atomic mass is 16.5. The van der Waals surface area contributed by atoms with Gasteiger partial charge in [0.25, 0.3) is 11.3 Å². The molecule has 0 fully saturated rings. The van der Waals surface area contributed by atoms with E-state index < -0.39 is 0 Å². The van der Waals surface area contributed by atoms with Crippen LogP contribution in [0.2, 0.25) is 0 Å². The number of benzene rings is 1. The van der Waals surface area contributed by atoms with Crippen LogP contribution in [-0.4, -0.2) is 34.8 Å². The summed E-state index contributed by atoms with van der Waals surface area (Å²) in [5.74, 6) is 0.304. The van der Waals surface area contributed by atoms with Crippen molar-refractivity contribution in [2.75, 3.05) is 19.1 Å². The van der Waals surface area contributed by atoms with Crippen molar-refractivity contribution in [3.8, 4) is 5.75 Å². The third-order valence-electron chi connectivity index (χ3n) is 4.01. The lowest BCUT2D eigenvalue weighted by Crippen LogP contribution is -2.34. The van der Waals surface area contributed by atoms with Crippen molar-refractivity contribution in [2.45, 2.75) is 20.4 Å². The number of hydrogen-bond acceptors (Lipinski definition) is 6. The van der Waals surface area contributed by atoms with Gasteiger partial charge in [0.15, 0.2) is 0 Å². The van der Waals surface area contributed by atoms with Gasteiger partial charge in [0.2, 0.25) is 5.91 Å². The molecule has 2 heterocycles. The van der Waals surface area contributed by atoms with Crippen molar-refractivity contribution in [1.82, 2.24) is 14.7 Å². The van der Waals surface area contributed by atoms with Crippen LogP contribution in [0.15, 0.2) is 33.8 Å². The quantitative estimate of drug-likeness (QED) is 0.716. The number of aryl methyl sites for hydroxylation is 2. The Labute approximate surface area is 143 Å². The zero-order valence-corrected chi connectivity index (χ0v) is 14.4. The van der Waals surface area contributed by atoms with Gasteiger partial charge in [-0.05, 0) is 31.5 Å². The predicted octanol–water partition coefficient (Wildman–Crippen LogP) is 1.67. The third kappa shape index (κ3) is 2.98. The zero-order valence-electron chi connectivity index (χ0n) is 14.4. The van der Waals surface area contributed by atoms with Gasteiger partial charge in [-0.15, -0.1) is 0 Å². The number of hydrogen-bond donors (Lipinski definition) is 0. The van der Waals surface area contributed by atoms with Gasteiger partial charge < -0.3 is 14.2 Å². The fourth-order valence-electron chi connectivity index (χ4n) is 2.57. The van der Waals surface area contributed by atoms with Crippen LogP contribution in [0.4, 0.5) is 5.69 Å². The Morgan fingerprint density at radius 3 is 2.84 bits per heavy atom. The van der Waals surface area contributed by atoms with E-state index in [4.69, 9.17) is 9.26 Å². The van der Waals surface area contributed by atoms with Gasteiger partial charge in [0.05, 0.1) is 18.5 Å². The lowest BCUT2D eigenvalue weighted by molar-refractivity contribution is -0.118. The molecule has 1 aromatic carbocycles. The molecule has 0 aliphatic rings. The molecule has 3 aromatic rings. The number of nitrogens with zero attached hydrogens (tertiary/aromatic N) is 4. The molecule has 0 aliphatic heterocycles. The summed E-state index contributed by atoms with van der Waals surface area (Å²) in [6.07, 6.45) is 1.29. The smallest absolute Gasteiger partial charge is 0.267 e. The lowest BCUT2D eigenvalue weighted by atomic mass is 10.2. The predicted molar refractivity (Wildman–Crippen MR) is 91.9 cm³/mol. The Kier molecular flexibility index (Phi) is 4.26. The summed E-state index contributed by atoms with van der Waals surface area (Å²) in [4.78, 5) is 30.7. The molecule has 130 valence electrons. The van der Waals surface area contributed by atoms with Gasteiger partial charge >= 0.3 is 0 Å². The van der Waals surface area contributed by atoms with Crippen LogP contribution in [0.25, 0.3) is 11.1 Å². The first-order valence-corrected chi connectivity index (χ1v) is 7.65. The first-order chi connectivity index (χ1) is 11.9. The number of amides is 1. The monoisotopic (exact) mass is 342 g/mol. The van der Waals surface area contributed by atoms with E-state index in [0.29, 0.717) is 17.1 Å². The summed E-state index contributed by atoms with van der Waals surface area (Å²) in [6.45, 7) is 3.43. The largest absolute Gasteiger partial charge is 0.495 e. The first kappa shape index (κ1) is 16.7. The molecule has 0 aliphatic carbocycles. The SMILES string of the molecule is COc1ccc(C)cc1N(C)C(=O)Cn1cnc2onc(C)c2c1=O. The normalized spacial score (nSPS) is 10.9. The number of carbonyl (C=O) groups is 1. The number of aromatic nitrogens is 3. The van der Waals surface area contributed by atoms with Gasteiger partial charge in [-0.3, -0.25) is 14.2 Å². The molecule has 0 atom stereocenters. The molecular weight excluding hydrogens is 324 g/mol. The maximum absolute atomic E-state index is 12.6. The fraction of sp³-hybridized carbons (Fsp3) is 0.294. The van der Waals surface area contributed by atoms with Crippen molar-refractivity contribution in [3.63, 3.8) is 0 Å². The molecule has 0 radical (unpaired) electrons. The maximum Gasteiger partial charge on any atom is 0.267 e. The number of anilines is 1. The average molecular weight is 342 g/mol. The Bertz CT molecular complexity index is 1010. The zero-order chi connectivity index (χ0) is 18.1. The van der Waals surface area contributed by atoms with Crippen molar-refractivity contribution in [1.29, 1.82) is 0 Å². The van der Waals surface area contributed by atoms with Gasteiger partial charge in [0.1, 0.15) is 24.0 Å². The minimum atomic E-state index is -0.360. The van der Waals surface area contributed by atoms with Crippen LogP contribution >= 0.6 is 0 Å². The molecule has 0 N–H and O–H groups in total. The Morgan fingerprint density at radius 1 is 1.36 bits per heavy atom. The van der Waals surface area contributed by atoms with Gasteiger partial charge in [-0.2, -0.15) is 0 Å². The van der Waals surface area contributed by atoms with Gasteiger partial charge in [-0.25, -0.2) is 4.98 Å². The molecule has 8 nitrogen and oxygen atoms in total. The molecule has 3 rings (SSSR count). The topological polar surface area (TPSA) is 90.5 Å². The summed E-state index contributed by atoms with van der Waals surface area (Å²) in [5, 5.41) is 4.01. The highest BCUT2D eigenvalue weighted by Crippen LogP contribution is 2.28. The molecular formula is C17H18N4O4. The van der Waals surface area contributed by atoms with E-state index in [-0.39, 0.29) is 29.1 Å². The minimum absolute atomic E-state index is 0.153. The highest BCUT2D eigenvalue weighted by Gasteiger charge is 2.18. The van der Waals surface area contributed by atoms with Crippen LogP contribution < -0.4 is 15.2 Å². The first-order valence-electron chi connectivity index (χ1n) is 7.65. The van der Waals surface area contributed by atoms with Gasteiger partial charge in [0, 0.05) is 7.05 Å². The van der Waals surface area contributed by atoms with Crippen LogP contribution in [0, 0.1) is 13.8 Å². The van der Waals surface area contributed by atoms with Crippen molar-refractivity contribution in [2.24, 2.45) is 0 Å². The summed E-state index contributed by atoms with van der Waals surface area (Å²) in [5.41, 5.74) is 1.89. The second-order valence-electron chi connectivity index (χ2n) is 5.75. The standard InChI is InChI=1S/C17H18N4O4/c1-10-5-6-13(24-4)12(7-10)20(3)14(22)8-21-9-18-16-15(17(21)23)11(2)19-25-16/h5-7,9H,8H2,1-4H3. The van der Waals surface area contributed by atoms with Crippen molar-refractivity contribution < 1.29 is 14.1 Å². The summed E-state index contributed by atoms with van der Waals surface area (Å²) in [6, 6.07) is 5.55. The highest BCUT2D eigenvalue weighted by molar-refractivity contribution is 5.94. The second kappa shape index (κ2) is 6.39. The number of methoxy groups -OCH3 is 1. The molecule has 1 amide bonds. The average Bonchev–Trinajstić information content (AvgIpc) is 2.98. The van der Waals surface area contributed by atoms with E-state index in [0.717, 1.165) is 5.56 Å². The summed E-state index contributed by atoms with van der Waals surface area (Å²) >= 11 is 0. The third-order valence-corrected chi connectivity index (χ3v) is 4.01. The molecule has 0 unspecified atom stereocenters. The molecule has 25 heavy (non-hydrogen) atoms. The van der Waals surface area contributed by atoms with Crippen molar-refractivity contribution in [3.05, 3.63) is 46.1 Å². The maximum atomic E-state index is 12.6. The number of rotatable bonds is 4. The van der Waals surface area contributed by atoms with E-state index in [9.17, 15) is 9.59 Å². The molecule has 0 spiro atoms. The Morgan fingerprint density at radius 2 is 2.12 bits per heavy atom. The van der Waals surface area contributed by atoms with Crippen molar-refractivity contribution >= 4 is 22.7 Å². The molecule has 0 saturated carbocycles. The van der Waals surface area contributed by atoms with E-state index in [1.54, 1.807) is 27.1 Å². The molecule has 8 heteroatoms. The Balaban J connectivity index is 1.92.